The van der Waals surface area contributed by atoms with Crippen molar-refractivity contribution in [3.63, 3.8) is 0 Å². The van der Waals surface area contributed by atoms with Crippen LogP contribution in [0, 0.1) is 0 Å². The molecular weight excluding hydrogens is 298 g/mol. The Hall–Kier alpha value is -2.57. The number of aromatic nitrogens is 2. The van der Waals surface area contributed by atoms with Crippen molar-refractivity contribution in [2.45, 2.75) is 32.1 Å². The number of hydrogen-bond donors (Lipinski definition) is 2. The number of amides is 1. The molecule has 1 aliphatic heterocycles. The van der Waals surface area contributed by atoms with Crippen LogP contribution in [0.15, 0.2) is 22.9 Å². The summed E-state index contributed by atoms with van der Waals surface area (Å²) < 4.78 is 5.45. The van der Waals surface area contributed by atoms with Gasteiger partial charge in [-0.15, -0.1) is 0 Å². The number of carboxylic acid groups (broad SMARTS) is 1. The maximum atomic E-state index is 12.5. The number of hydrogen-bond acceptors (Lipinski definition) is 4. The van der Waals surface area contributed by atoms with Gasteiger partial charge in [-0.3, -0.25) is 9.89 Å². The minimum Gasteiger partial charge on any atom is -0.478 e. The van der Waals surface area contributed by atoms with Gasteiger partial charge in [-0.05, 0) is 24.3 Å². The summed E-state index contributed by atoms with van der Waals surface area (Å²) in [5.74, 6) is -0.452. The number of furan rings is 1. The molecule has 0 aliphatic carbocycles. The number of aromatic carboxylic acids is 1. The smallest absolute Gasteiger partial charge is 0.339 e. The highest BCUT2D eigenvalue weighted by atomic mass is 16.4. The fourth-order valence-electron chi connectivity index (χ4n) is 3.03. The Balaban J connectivity index is 1.69. The van der Waals surface area contributed by atoms with E-state index in [2.05, 4.69) is 10.2 Å². The van der Waals surface area contributed by atoms with Crippen LogP contribution in [0.5, 0.6) is 0 Å². The molecule has 0 bridgehead atoms. The van der Waals surface area contributed by atoms with E-state index in [9.17, 15) is 9.59 Å². The highest BCUT2D eigenvalue weighted by molar-refractivity contribution is 5.96. The lowest BCUT2D eigenvalue weighted by atomic mass is 9.91. The number of H-pyrrole nitrogens is 1. The molecule has 0 radical (unpaired) electrons. The van der Waals surface area contributed by atoms with E-state index in [1.54, 1.807) is 11.8 Å². The van der Waals surface area contributed by atoms with Crippen molar-refractivity contribution in [3.05, 3.63) is 41.1 Å². The zero-order chi connectivity index (χ0) is 16.4. The van der Waals surface area contributed by atoms with E-state index in [4.69, 9.17) is 9.52 Å². The molecule has 3 heterocycles. The molecule has 0 atom stereocenters. The second-order valence-corrected chi connectivity index (χ2v) is 5.70. The van der Waals surface area contributed by atoms with Crippen molar-refractivity contribution in [1.29, 1.82) is 0 Å². The first-order chi connectivity index (χ1) is 11.1. The van der Waals surface area contributed by atoms with Gasteiger partial charge in [-0.1, -0.05) is 6.92 Å². The van der Waals surface area contributed by atoms with Crippen LogP contribution in [0.3, 0.4) is 0 Å². The SMILES string of the molecule is CCc1oc(C(=O)N2CCC(c3cn[nH]c3)CC2)cc1C(=O)O. The lowest BCUT2D eigenvalue weighted by Crippen LogP contribution is -2.37. The second-order valence-electron chi connectivity index (χ2n) is 5.70. The van der Waals surface area contributed by atoms with Crippen LogP contribution in [0.4, 0.5) is 0 Å². The lowest BCUT2D eigenvalue weighted by Gasteiger charge is -2.31. The molecule has 1 fully saturated rings. The van der Waals surface area contributed by atoms with E-state index < -0.39 is 5.97 Å². The van der Waals surface area contributed by atoms with Crippen LogP contribution < -0.4 is 0 Å². The van der Waals surface area contributed by atoms with Crippen molar-refractivity contribution in [3.8, 4) is 0 Å². The minimum absolute atomic E-state index is 0.0733. The van der Waals surface area contributed by atoms with E-state index >= 15 is 0 Å². The van der Waals surface area contributed by atoms with Crippen LogP contribution in [-0.2, 0) is 6.42 Å². The molecule has 0 spiro atoms. The van der Waals surface area contributed by atoms with Crippen LogP contribution >= 0.6 is 0 Å². The Kier molecular flexibility index (Phi) is 4.18. The summed E-state index contributed by atoms with van der Waals surface area (Å²) in [6.45, 7) is 3.05. The van der Waals surface area contributed by atoms with Gasteiger partial charge in [0.1, 0.15) is 11.3 Å². The summed E-state index contributed by atoms with van der Waals surface area (Å²) in [4.78, 5) is 25.4. The molecule has 2 aromatic heterocycles. The number of carboxylic acids is 1. The summed E-state index contributed by atoms with van der Waals surface area (Å²) in [5, 5.41) is 15.9. The first kappa shape index (κ1) is 15.3. The maximum absolute atomic E-state index is 12.5. The second kappa shape index (κ2) is 6.28. The summed E-state index contributed by atoms with van der Waals surface area (Å²) in [5.41, 5.74) is 1.24. The molecule has 3 rings (SSSR count). The molecule has 1 amide bonds. The predicted molar refractivity (Wildman–Crippen MR) is 81.5 cm³/mol. The van der Waals surface area contributed by atoms with Gasteiger partial charge in [-0.25, -0.2) is 4.79 Å². The maximum Gasteiger partial charge on any atom is 0.339 e. The summed E-state index contributed by atoms with van der Waals surface area (Å²) in [6.07, 6.45) is 5.87. The number of carbonyl (C=O) groups excluding carboxylic acids is 1. The van der Waals surface area contributed by atoms with Crippen molar-refractivity contribution in [2.75, 3.05) is 13.1 Å². The molecule has 1 aliphatic rings. The molecular formula is C16H19N3O4. The highest BCUT2D eigenvalue weighted by Crippen LogP contribution is 2.28. The Bertz CT molecular complexity index is 697. The Morgan fingerprint density at radius 1 is 1.43 bits per heavy atom. The number of nitrogens with one attached hydrogen (secondary N) is 1. The standard InChI is InChI=1S/C16H19N3O4/c1-2-13-12(16(21)22)7-14(23-13)15(20)19-5-3-10(4-6-19)11-8-17-18-9-11/h7-10H,2-6H2,1H3,(H,17,18)(H,21,22). The van der Waals surface area contributed by atoms with Crippen molar-refractivity contribution in [1.82, 2.24) is 15.1 Å². The van der Waals surface area contributed by atoms with Crippen molar-refractivity contribution in [2.24, 2.45) is 0 Å². The van der Waals surface area contributed by atoms with Crippen LogP contribution in [0.1, 0.15) is 57.9 Å². The zero-order valence-corrected chi connectivity index (χ0v) is 12.9. The quantitative estimate of drug-likeness (QED) is 0.901. The minimum atomic E-state index is -1.07. The number of piperidine rings is 1. The van der Waals surface area contributed by atoms with Gasteiger partial charge in [0.25, 0.3) is 5.91 Å². The average molecular weight is 317 g/mol. The highest BCUT2D eigenvalue weighted by Gasteiger charge is 2.28. The topological polar surface area (TPSA) is 99.4 Å². The molecule has 7 nitrogen and oxygen atoms in total. The number of aryl methyl sites for hydroxylation is 1. The number of aromatic amines is 1. The van der Waals surface area contributed by atoms with E-state index in [1.165, 1.54) is 6.07 Å². The van der Waals surface area contributed by atoms with E-state index in [-0.39, 0.29) is 17.2 Å². The lowest BCUT2D eigenvalue weighted by molar-refractivity contribution is 0.0674. The molecule has 2 aromatic rings. The zero-order valence-electron chi connectivity index (χ0n) is 12.9. The van der Waals surface area contributed by atoms with Gasteiger partial charge in [0.15, 0.2) is 5.76 Å². The molecule has 7 heteroatoms. The largest absolute Gasteiger partial charge is 0.478 e. The van der Waals surface area contributed by atoms with Gasteiger partial charge < -0.3 is 14.4 Å². The molecule has 1 saturated heterocycles. The normalized spacial score (nSPS) is 15.8. The fourth-order valence-corrected chi connectivity index (χ4v) is 3.03. The summed E-state index contributed by atoms with van der Waals surface area (Å²) >= 11 is 0. The van der Waals surface area contributed by atoms with E-state index in [0.29, 0.717) is 31.2 Å². The van der Waals surface area contributed by atoms with E-state index in [0.717, 1.165) is 18.4 Å². The van der Waals surface area contributed by atoms with Crippen LogP contribution in [0.2, 0.25) is 0 Å². The monoisotopic (exact) mass is 317 g/mol. The first-order valence-corrected chi connectivity index (χ1v) is 7.74. The van der Waals surface area contributed by atoms with Gasteiger partial charge in [0.05, 0.1) is 6.20 Å². The molecule has 23 heavy (non-hydrogen) atoms. The molecule has 0 aromatic carbocycles. The number of carbonyl (C=O) groups is 2. The predicted octanol–water partition coefficient (Wildman–Crippen LogP) is 2.28. The van der Waals surface area contributed by atoms with Crippen LogP contribution in [0.25, 0.3) is 0 Å². The first-order valence-electron chi connectivity index (χ1n) is 7.74. The fraction of sp³-hybridized carbons (Fsp3) is 0.438. The molecule has 2 N–H and O–H groups in total. The van der Waals surface area contributed by atoms with E-state index in [1.807, 2.05) is 12.4 Å². The number of nitrogens with zero attached hydrogens (tertiary/aromatic N) is 2. The Morgan fingerprint density at radius 2 is 2.17 bits per heavy atom. The number of likely N-dealkylation sites (tertiary alicyclic amines) is 1. The third kappa shape index (κ3) is 2.99. The molecule has 0 saturated carbocycles. The third-order valence-electron chi connectivity index (χ3n) is 4.34. The summed E-state index contributed by atoms with van der Waals surface area (Å²) in [6, 6.07) is 1.34. The summed E-state index contributed by atoms with van der Waals surface area (Å²) in [7, 11) is 0. The average Bonchev–Trinajstić information content (AvgIpc) is 3.23. The Labute approximate surface area is 133 Å². The Morgan fingerprint density at radius 3 is 2.70 bits per heavy atom. The number of rotatable bonds is 4. The molecule has 0 unspecified atom stereocenters. The van der Waals surface area contributed by atoms with Gasteiger partial charge in [0, 0.05) is 31.8 Å². The van der Waals surface area contributed by atoms with Gasteiger partial charge in [0.2, 0.25) is 0 Å². The molecule has 122 valence electrons. The van der Waals surface area contributed by atoms with Crippen molar-refractivity contribution < 1.29 is 19.1 Å². The third-order valence-corrected chi connectivity index (χ3v) is 4.34. The van der Waals surface area contributed by atoms with Crippen LogP contribution in [-0.4, -0.2) is 45.2 Å². The van der Waals surface area contributed by atoms with Gasteiger partial charge in [-0.2, -0.15) is 5.10 Å². The van der Waals surface area contributed by atoms with Gasteiger partial charge >= 0.3 is 5.97 Å². The van der Waals surface area contributed by atoms with Crippen molar-refractivity contribution >= 4 is 11.9 Å².